The van der Waals surface area contributed by atoms with Crippen molar-refractivity contribution in [2.45, 2.75) is 64.2 Å². The molecule has 0 spiro atoms. The van der Waals surface area contributed by atoms with Gasteiger partial charge in [0.05, 0.1) is 5.92 Å². The highest BCUT2D eigenvalue weighted by atomic mass is 19.4. The molecule has 0 saturated carbocycles. The second kappa shape index (κ2) is 7.36. The van der Waals surface area contributed by atoms with Gasteiger partial charge in [-0.25, -0.2) is 4.79 Å². The molecule has 1 aliphatic heterocycles. The molecule has 0 aromatic rings. The molecule has 0 radical (unpaired) electrons. The number of carbonyl (C=O) groups excluding carboxylic acids is 2. The van der Waals surface area contributed by atoms with Crippen LogP contribution < -0.4 is 5.32 Å². The van der Waals surface area contributed by atoms with E-state index in [0.29, 0.717) is 0 Å². The van der Waals surface area contributed by atoms with Gasteiger partial charge in [-0.3, -0.25) is 4.79 Å². The molecule has 0 aromatic heterocycles. The summed E-state index contributed by atoms with van der Waals surface area (Å²) >= 11 is 0. The molecule has 1 heterocycles. The summed E-state index contributed by atoms with van der Waals surface area (Å²) in [7, 11) is 0. The Morgan fingerprint density at radius 2 is 1.39 bits per heavy atom. The molecular weight excluding hydrogens is 400 g/mol. The van der Waals surface area contributed by atoms with Gasteiger partial charge in [-0.2, -0.15) is 26.3 Å². The molecule has 28 heavy (non-hydrogen) atoms. The monoisotopic (exact) mass is 423 g/mol. The van der Waals surface area contributed by atoms with E-state index in [9.17, 15) is 35.9 Å². The second-order valence-electron chi connectivity index (χ2n) is 8.20. The van der Waals surface area contributed by atoms with Crippen LogP contribution in [0.5, 0.6) is 0 Å². The summed E-state index contributed by atoms with van der Waals surface area (Å²) in [6.45, 7) is 7.14. The molecule has 6 nitrogen and oxygen atoms in total. The van der Waals surface area contributed by atoms with Crippen LogP contribution in [0.25, 0.3) is 0 Å². The molecule has 0 amide bonds. The van der Waals surface area contributed by atoms with E-state index in [1.807, 2.05) is 13.8 Å². The van der Waals surface area contributed by atoms with Crippen LogP contribution in [-0.4, -0.2) is 59.8 Å². The van der Waals surface area contributed by atoms with Gasteiger partial charge >= 0.3 is 29.9 Å². The van der Waals surface area contributed by atoms with Crippen molar-refractivity contribution in [3.05, 3.63) is 0 Å². The molecule has 1 fully saturated rings. The molecule has 2 unspecified atom stereocenters. The number of hydrogen-bond acceptors (Lipinski definition) is 6. The van der Waals surface area contributed by atoms with E-state index in [1.165, 1.54) is 0 Å². The van der Waals surface area contributed by atoms with Gasteiger partial charge in [0.2, 0.25) is 0 Å². The number of esters is 2. The van der Waals surface area contributed by atoms with Gasteiger partial charge in [-0.15, -0.1) is 0 Å². The lowest BCUT2D eigenvalue weighted by molar-refractivity contribution is -0.357. The Morgan fingerprint density at radius 3 is 1.71 bits per heavy atom. The second-order valence-corrected chi connectivity index (χ2v) is 8.20. The molecule has 164 valence electrons. The van der Waals surface area contributed by atoms with Crippen molar-refractivity contribution in [3.63, 3.8) is 0 Å². The van der Waals surface area contributed by atoms with Crippen molar-refractivity contribution < 1.29 is 50.5 Å². The molecule has 0 aromatic carbocycles. The van der Waals surface area contributed by atoms with Crippen molar-refractivity contribution in [2.24, 2.45) is 11.3 Å². The summed E-state index contributed by atoms with van der Waals surface area (Å²) in [4.78, 5) is 23.5. The van der Waals surface area contributed by atoms with Crippen LogP contribution in [0.1, 0.15) is 34.6 Å². The Bertz CT molecular complexity index is 594. The van der Waals surface area contributed by atoms with Crippen LogP contribution in [-0.2, 0) is 19.1 Å². The Labute approximate surface area is 157 Å². The quantitative estimate of drug-likeness (QED) is 0.295. The minimum atomic E-state index is -6.33. The summed E-state index contributed by atoms with van der Waals surface area (Å²) in [5, 5.41) is 11.9. The highest BCUT2D eigenvalue weighted by Crippen LogP contribution is 2.44. The predicted molar refractivity (Wildman–Crippen MR) is 82.9 cm³/mol. The van der Waals surface area contributed by atoms with Crippen molar-refractivity contribution in [3.8, 4) is 0 Å². The summed E-state index contributed by atoms with van der Waals surface area (Å²) < 4.78 is 83.9. The van der Waals surface area contributed by atoms with Gasteiger partial charge in [0.25, 0.3) is 0 Å². The molecule has 2 atom stereocenters. The molecule has 2 N–H and O–H groups in total. The zero-order valence-electron chi connectivity index (χ0n) is 15.9. The molecule has 12 heteroatoms. The molecule has 1 rings (SSSR count). The van der Waals surface area contributed by atoms with E-state index in [-0.39, 0.29) is 11.6 Å². The maximum absolute atomic E-state index is 12.5. The van der Waals surface area contributed by atoms with Gasteiger partial charge in [0.15, 0.2) is 0 Å². The van der Waals surface area contributed by atoms with E-state index in [4.69, 9.17) is 9.84 Å². The normalized spacial score (nSPS) is 21.1. The van der Waals surface area contributed by atoms with Crippen LogP contribution in [0.3, 0.4) is 0 Å². The standard InChI is InChI=1S/C16H23F6NO5/c1-12(2,3)8(9-13(4,5)23-9)10(24)27-6-7-28-11(25)14(26,15(17,18)19)16(20,21)22/h8-9,23,26H,6-7H2,1-5H3. The summed E-state index contributed by atoms with van der Waals surface area (Å²) in [6.07, 6.45) is -12.7. The third kappa shape index (κ3) is 4.88. The van der Waals surface area contributed by atoms with Gasteiger partial charge in [-0.05, 0) is 19.3 Å². The zero-order valence-corrected chi connectivity index (χ0v) is 15.9. The van der Waals surface area contributed by atoms with Crippen molar-refractivity contribution in [1.82, 2.24) is 5.32 Å². The molecular formula is C16H23F6NO5. The van der Waals surface area contributed by atoms with Crippen LogP contribution in [0.2, 0.25) is 0 Å². The SMILES string of the molecule is CC(C)(C)C(C(=O)OCCOC(=O)C(O)(C(F)(F)F)C(F)(F)F)C1NC1(C)C. The number of alkyl halides is 6. The van der Waals surface area contributed by atoms with Gasteiger partial charge in [-0.1, -0.05) is 20.8 Å². The number of aliphatic hydroxyl groups is 1. The Morgan fingerprint density at radius 1 is 1.00 bits per heavy atom. The summed E-state index contributed by atoms with van der Waals surface area (Å²) in [6, 6.07) is -0.233. The van der Waals surface area contributed by atoms with Gasteiger partial charge < -0.3 is 19.9 Å². The van der Waals surface area contributed by atoms with E-state index in [0.717, 1.165) is 0 Å². The van der Waals surface area contributed by atoms with Crippen molar-refractivity contribution in [1.29, 1.82) is 0 Å². The number of carbonyl (C=O) groups is 2. The molecule has 1 aliphatic rings. The van der Waals surface area contributed by atoms with E-state index in [2.05, 4.69) is 10.1 Å². The first-order valence-corrected chi connectivity index (χ1v) is 8.24. The topological polar surface area (TPSA) is 94.8 Å². The fourth-order valence-electron chi connectivity index (χ4n) is 2.71. The predicted octanol–water partition coefficient (Wildman–Crippen LogP) is 2.34. The van der Waals surface area contributed by atoms with E-state index in [1.54, 1.807) is 20.8 Å². The van der Waals surface area contributed by atoms with E-state index >= 15 is 0 Å². The highest BCUT2D eigenvalue weighted by Gasteiger charge is 2.76. The van der Waals surface area contributed by atoms with Crippen LogP contribution in [0, 0.1) is 11.3 Å². The Hall–Kier alpha value is -1.56. The maximum atomic E-state index is 12.5. The summed E-state index contributed by atoms with van der Waals surface area (Å²) in [5.41, 5.74) is -6.55. The fourth-order valence-corrected chi connectivity index (χ4v) is 2.71. The van der Waals surface area contributed by atoms with Crippen molar-refractivity contribution in [2.75, 3.05) is 13.2 Å². The number of halogens is 6. The van der Waals surface area contributed by atoms with Crippen molar-refractivity contribution >= 4 is 11.9 Å². The summed E-state index contributed by atoms with van der Waals surface area (Å²) in [5.74, 6) is -4.34. The maximum Gasteiger partial charge on any atom is 0.437 e. The lowest BCUT2D eigenvalue weighted by Crippen LogP contribution is -2.63. The number of nitrogens with one attached hydrogen (secondary N) is 1. The largest absolute Gasteiger partial charge is 0.462 e. The van der Waals surface area contributed by atoms with Crippen LogP contribution in [0.15, 0.2) is 0 Å². The number of hydrogen-bond donors (Lipinski definition) is 2. The highest BCUT2D eigenvalue weighted by molar-refractivity contribution is 5.81. The minimum absolute atomic E-state index is 0.233. The first-order valence-electron chi connectivity index (χ1n) is 8.24. The molecule has 0 bridgehead atoms. The number of ether oxygens (including phenoxy) is 2. The Kier molecular flexibility index (Phi) is 6.43. The lowest BCUT2D eigenvalue weighted by Gasteiger charge is -2.30. The van der Waals surface area contributed by atoms with Gasteiger partial charge in [0.1, 0.15) is 13.2 Å². The lowest BCUT2D eigenvalue weighted by atomic mass is 9.76. The third-order valence-electron chi connectivity index (χ3n) is 4.42. The van der Waals surface area contributed by atoms with E-state index < -0.39 is 54.4 Å². The number of rotatable bonds is 6. The average molecular weight is 423 g/mol. The van der Waals surface area contributed by atoms with Gasteiger partial charge in [0, 0.05) is 11.6 Å². The zero-order chi connectivity index (χ0) is 22.3. The smallest absolute Gasteiger partial charge is 0.437 e. The first kappa shape index (κ1) is 24.5. The van der Waals surface area contributed by atoms with Crippen LogP contribution in [0.4, 0.5) is 26.3 Å². The van der Waals surface area contributed by atoms with Crippen LogP contribution >= 0.6 is 0 Å². The third-order valence-corrected chi connectivity index (χ3v) is 4.42. The Balaban J connectivity index is 2.68. The minimum Gasteiger partial charge on any atom is -0.462 e. The molecule has 0 aliphatic carbocycles. The first-order chi connectivity index (χ1) is 12.3. The fraction of sp³-hybridized carbons (Fsp3) is 0.875. The average Bonchev–Trinajstić information content (AvgIpc) is 3.06. The molecule has 1 saturated heterocycles.